The van der Waals surface area contributed by atoms with Gasteiger partial charge in [-0.2, -0.15) is 26.3 Å². The van der Waals surface area contributed by atoms with Crippen molar-refractivity contribution >= 4 is 11.9 Å². The maximum Gasteiger partial charge on any atom is 0.434 e. The summed E-state index contributed by atoms with van der Waals surface area (Å²) in [6, 6.07) is 5.18. The van der Waals surface area contributed by atoms with Gasteiger partial charge in [0.25, 0.3) is 6.10 Å². The molecule has 194 valence electrons. The second-order valence-corrected chi connectivity index (χ2v) is 9.27. The Morgan fingerprint density at radius 1 is 0.882 bits per heavy atom. The Labute approximate surface area is 194 Å². The van der Waals surface area contributed by atoms with Crippen molar-refractivity contribution in [2.45, 2.75) is 72.8 Å². The molecule has 5 nitrogen and oxygen atoms in total. The largest absolute Gasteiger partial charge is 0.482 e. The topological polar surface area (TPSA) is 61.8 Å². The first-order valence-corrected chi connectivity index (χ1v) is 10.6. The molecular weight excluding hydrogens is 470 g/mol. The SMILES string of the molecule is CCC(C)(C)C(C)(CC(C)C)C(=O)Oc1ccc(OCC(=O)OC(C(F)(F)F)C(F)(F)F)cc1. The highest BCUT2D eigenvalue weighted by atomic mass is 19.4. The molecular formula is C23H30F6O5. The zero-order valence-corrected chi connectivity index (χ0v) is 19.9. The number of halogens is 6. The number of alkyl halides is 6. The van der Waals surface area contributed by atoms with Gasteiger partial charge in [-0.15, -0.1) is 0 Å². The minimum absolute atomic E-state index is 0.0499. The predicted molar refractivity (Wildman–Crippen MR) is 111 cm³/mol. The fraction of sp³-hybridized carbons (Fsp3) is 0.652. The van der Waals surface area contributed by atoms with Crippen LogP contribution in [0, 0.1) is 16.7 Å². The summed E-state index contributed by atoms with van der Waals surface area (Å²) in [6.07, 6.45) is -14.5. The van der Waals surface area contributed by atoms with Crippen molar-refractivity contribution in [3.63, 3.8) is 0 Å². The lowest BCUT2D eigenvalue weighted by atomic mass is 9.62. The Hall–Kier alpha value is -2.46. The Morgan fingerprint density at radius 2 is 1.35 bits per heavy atom. The number of rotatable bonds is 10. The van der Waals surface area contributed by atoms with E-state index in [0.29, 0.717) is 6.42 Å². The summed E-state index contributed by atoms with van der Waals surface area (Å²) < 4.78 is 88.7. The molecule has 0 fully saturated rings. The summed E-state index contributed by atoms with van der Waals surface area (Å²) in [7, 11) is 0. The van der Waals surface area contributed by atoms with E-state index in [1.807, 2.05) is 41.5 Å². The molecule has 1 aromatic rings. The zero-order valence-electron chi connectivity index (χ0n) is 19.9. The normalized spacial score (nSPS) is 14.6. The van der Waals surface area contributed by atoms with E-state index in [0.717, 1.165) is 6.42 Å². The monoisotopic (exact) mass is 500 g/mol. The third kappa shape index (κ3) is 7.80. The molecule has 0 aliphatic rings. The summed E-state index contributed by atoms with van der Waals surface area (Å²) in [5.41, 5.74) is -1.15. The summed E-state index contributed by atoms with van der Waals surface area (Å²) in [4.78, 5) is 24.5. The molecule has 0 bridgehead atoms. The summed E-state index contributed by atoms with van der Waals surface area (Å²) in [6.45, 7) is 10.6. The van der Waals surface area contributed by atoms with E-state index in [2.05, 4.69) is 4.74 Å². The van der Waals surface area contributed by atoms with Gasteiger partial charge in [0.2, 0.25) is 0 Å². The van der Waals surface area contributed by atoms with Gasteiger partial charge in [0.1, 0.15) is 11.5 Å². The van der Waals surface area contributed by atoms with Crippen molar-refractivity contribution in [1.29, 1.82) is 0 Å². The van der Waals surface area contributed by atoms with Crippen molar-refractivity contribution < 1.29 is 50.1 Å². The smallest absolute Gasteiger partial charge is 0.434 e. The fourth-order valence-corrected chi connectivity index (χ4v) is 3.29. The molecule has 1 atom stereocenters. The highest BCUT2D eigenvalue weighted by Crippen LogP contribution is 2.47. The van der Waals surface area contributed by atoms with Crippen LogP contribution in [0.1, 0.15) is 54.4 Å². The van der Waals surface area contributed by atoms with Crippen LogP contribution in [0.25, 0.3) is 0 Å². The average molecular weight is 500 g/mol. The predicted octanol–water partition coefficient (Wildman–Crippen LogP) is 6.50. The van der Waals surface area contributed by atoms with Crippen LogP contribution in [0.3, 0.4) is 0 Å². The summed E-state index contributed by atoms with van der Waals surface area (Å²) in [5, 5.41) is 0. The first-order valence-electron chi connectivity index (χ1n) is 10.6. The molecule has 1 rings (SSSR count). The molecule has 0 aliphatic heterocycles. The van der Waals surface area contributed by atoms with Crippen molar-refractivity contribution in [2.75, 3.05) is 6.61 Å². The molecule has 1 unspecified atom stereocenters. The molecule has 0 N–H and O–H groups in total. The number of ether oxygens (including phenoxy) is 3. The highest BCUT2D eigenvalue weighted by molar-refractivity contribution is 5.79. The summed E-state index contributed by atoms with van der Waals surface area (Å²) in [5.74, 6) is -1.94. The molecule has 0 aromatic heterocycles. The Kier molecular flexibility index (Phi) is 9.44. The quantitative estimate of drug-likeness (QED) is 0.209. The van der Waals surface area contributed by atoms with Gasteiger partial charge in [-0.25, -0.2) is 4.79 Å². The van der Waals surface area contributed by atoms with Crippen molar-refractivity contribution in [3.8, 4) is 11.5 Å². The first-order chi connectivity index (χ1) is 15.3. The Balaban J connectivity index is 2.82. The van der Waals surface area contributed by atoms with Crippen molar-refractivity contribution in [1.82, 2.24) is 0 Å². The van der Waals surface area contributed by atoms with Crippen LogP contribution in [-0.4, -0.2) is 37.0 Å². The standard InChI is InChI=1S/C23H30F6O5/c1-7-20(4,5)21(6,12-14(2)3)19(31)33-16-10-8-15(9-11-16)32-13-17(30)34-18(22(24,25)26)23(27,28)29/h8-11,14,18H,7,12-13H2,1-6H3. The van der Waals surface area contributed by atoms with Crippen molar-refractivity contribution in [2.24, 2.45) is 16.7 Å². The Bertz CT molecular complexity index is 816. The van der Waals surface area contributed by atoms with E-state index in [1.54, 1.807) is 0 Å². The summed E-state index contributed by atoms with van der Waals surface area (Å²) >= 11 is 0. The third-order valence-corrected chi connectivity index (χ3v) is 5.88. The van der Waals surface area contributed by atoms with Gasteiger partial charge in [-0.1, -0.05) is 34.6 Å². The lowest BCUT2D eigenvalue weighted by Gasteiger charge is -2.42. The number of benzene rings is 1. The van der Waals surface area contributed by atoms with E-state index in [9.17, 15) is 35.9 Å². The first kappa shape index (κ1) is 29.6. The van der Waals surface area contributed by atoms with Gasteiger partial charge in [0.05, 0.1) is 5.41 Å². The lowest BCUT2D eigenvalue weighted by Crippen LogP contribution is -2.46. The number of carbonyl (C=O) groups excluding carboxylic acids is 2. The highest BCUT2D eigenvalue weighted by Gasteiger charge is 2.59. The average Bonchev–Trinajstić information content (AvgIpc) is 2.69. The van der Waals surface area contributed by atoms with Gasteiger partial charge in [-0.3, -0.25) is 4.79 Å². The van der Waals surface area contributed by atoms with Crippen LogP contribution in [0.2, 0.25) is 0 Å². The van der Waals surface area contributed by atoms with Gasteiger partial charge in [-0.05, 0) is 55.4 Å². The van der Waals surface area contributed by atoms with E-state index in [1.165, 1.54) is 24.3 Å². The fourth-order valence-electron chi connectivity index (χ4n) is 3.29. The molecule has 0 heterocycles. The minimum atomic E-state index is -5.81. The molecule has 11 heteroatoms. The molecule has 1 aromatic carbocycles. The second-order valence-electron chi connectivity index (χ2n) is 9.27. The lowest BCUT2D eigenvalue weighted by molar-refractivity contribution is -0.313. The minimum Gasteiger partial charge on any atom is -0.482 e. The van der Waals surface area contributed by atoms with Crippen LogP contribution in [-0.2, 0) is 14.3 Å². The van der Waals surface area contributed by atoms with E-state index in [4.69, 9.17) is 9.47 Å². The number of carbonyl (C=O) groups is 2. The van der Waals surface area contributed by atoms with Gasteiger partial charge >= 0.3 is 24.3 Å². The Morgan fingerprint density at radius 3 is 1.76 bits per heavy atom. The second kappa shape index (κ2) is 10.9. The molecule has 0 spiro atoms. The van der Waals surface area contributed by atoms with Crippen LogP contribution in [0.15, 0.2) is 24.3 Å². The van der Waals surface area contributed by atoms with Crippen molar-refractivity contribution in [3.05, 3.63) is 24.3 Å². The molecule has 0 amide bonds. The zero-order chi connectivity index (χ0) is 26.5. The molecule has 0 radical (unpaired) electrons. The molecule has 0 aliphatic carbocycles. The maximum absolute atomic E-state index is 13.0. The van der Waals surface area contributed by atoms with Crippen LogP contribution in [0.4, 0.5) is 26.3 Å². The van der Waals surface area contributed by atoms with E-state index in [-0.39, 0.29) is 22.8 Å². The molecule has 34 heavy (non-hydrogen) atoms. The number of esters is 2. The van der Waals surface area contributed by atoms with Gasteiger partial charge < -0.3 is 14.2 Å². The van der Waals surface area contributed by atoms with E-state index >= 15 is 0 Å². The number of hydrogen-bond acceptors (Lipinski definition) is 5. The van der Waals surface area contributed by atoms with Crippen LogP contribution in [0.5, 0.6) is 11.5 Å². The third-order valence-electron chi connectivity index (χ3n) is 5.88. The van der Waals surface area contributed by atoms with Crippen LogP contribution >= 0.6 is 0 Å². The molecule has 0 saturated carbocycles. The molecule has 0 saturated heterocycles. The van der Waals surface area contributed by atoms with Gasteiger partial charge in [0.15, 0.2) is 6.61 Å². The maximum atomic E-state index is 13.0. The van der Waals surface area contributed by atoms with Gasteiger partial charge in [0, 0.05) is 0 Å². The number of hydrogen-bond donors (Lipinski definition) is 0. The van der Waals surface area contributed by atoms with E-state index < -0.39 is 42.4 Å². The van der Waals surface area contributed by atoms with Crippen LogP contribution < -0.4 is 9.47 Å².